The minimum absolute atomic E-state index is 0.362. The standard InChI is InChI=1S/C26H32N4O4/c1-6-33-15-23-29-24-25(30(23)13-16(2)3)21-8-7-18(12-22(21)28-26(24)27)34-14-17-9-19(31-4)11-20(10-17)32-5/h7-12,16H,6,13-15H2,1-5H3,(H2,27,28). The van der Waals surface area contributed by atoms with Crippen LogP contribution in [0, 0.1) is 5.92 Å². The number of benzene rings is 2. The molecule has 0 unspecified atom stereocenters. The van der Waals surface area contributed by atoms with Crippen molar-refractivity contribution >= 4 is 27.8 Å². The lowest BCUT2D eigenvalue weighted by Crippen LogP contribution is -2.10. The van der Waals surface area contributed by atoms with Crippen LogP contribution in [0.4, 0.5) is 5.82 Å². The first-order valence-electron chi connectivity index (χ1n) is 11.4. The Bertz CT molecular complexity index is 1280. The fourth-order valence-corrected chi connectivity index (χ4v) is 4.01. The number of nitrogens with two attached hydrogens (primary N) is 1. The third kappa shape index (κ3) is 4.87. The number of fused-ring (bicyclic) bond motifs is 3. The van der Waals surface area contributed by atoms with Crippen molar-refractivity contribution in [1.82, 2.24) is 14.5 Å². The number of ether oxygens (including phenoxy) is 4. The topological polar surface area (TPSA) is 93.7 Å². The minimum atomic E-state index is 0.362. The van der Waals surface area contributed by atoms with Gasteiger partial charge in [-0.2, -0.15) is 0 Å². The average molecular weight is 465 g/mol. The zero-order valence-corrected chi connectivity index (χ0v) is 20.4. The van der Waals surface area contributed by atoms with Crippen LogP contribution in [0.3, 0.4) is 0 Å². The summed E-state index contributed by atoms with van der Waals surface area (Å²) in [5, 5.41) is 0.982. The van der Waals surface area contributed by atoms with Gasteiger partial charge in [-0.05, 0) is 42.7 Å². The van der Waals surface area contributed by atoms with Crippen LogP contribution < -0.4 is 19.9 Å². The normalized spacial score (nSPS) is 11.5. The Morgan fingerprint density at radius 3 is 2.32 bits per heavy atom. The van der Waals surface area contributed by atoms with Crippen molar-refractivity contribution in [3.63, 3.8) is 0 Å². The molecule has 180 valence electrons. The second-order valence-electron chi connectivity index (χ2n) is 8.55. The van der Waals surface area contributed by atoms with Crippen LogP contribution in [0.15, 0.2) is 36.4 Å². The molecule has 2 heterocycles. The Kier molecular flexibility index (Phi) is 7.07. The van der Waals surface area contributed by atoms with Crippen LogP contribution in [0.25, 0.3) is 21.9 Å². The van der Waals surface area contributed by atoms with Crippen molar-refractivity contribution in [2.45, 2.75) is 40.5 Å². The third-order valence-electron chi connectivity index (χ3n) is 5.55. The lowest BCUT2D eigenvalue weighted by molar-refractivity contribution is 0.125. The molecule has 0 saturated carbocycles. The Balaban J connectivity index is 1.71. The molecule has 0 spiro atoms. The van der Waals surface area contributed by atoms with Gasteiger partial charge in [-0.15, -0.1) is 0 Å². The quantitative estimate of drug-likeness (QED) is 0.355. The van der Waals surface area contributed by atoms with E-state index in [1.165, 1.54) is 0 Å². The SMILES string of the molecule is CCOCc1nc2c(N)nc3cc(OCc4cc(OC)cc(OC)c4)ccc3c2n1CC(C)C. The molecule has 0 bridgehead atoms. The van der Waals surface area contributed by atoms with Gasteiger partial charge < -0.3 is 29.2 Å². The number of imidazole rings is 1. The molecule has 0 amide bonds. The summed E-state index contributed by atoms with van der Waals surface area (Å²) >= 11 is 0. The van der Waals surface area contributed by atoms with E-state index in [-0.39, 0.29) is 0 Å². The lowest BCUT2D eigenvalue weighted by atomic mass is 10.1. The summed E-state index contributed by atoms with van der Waals surface area (Å²) in [5.41, 5.74) is 9.74. The van der Waals surface area contributed by atoms with E-state index < -0.39 is 0 Å². The fourth-order valence-electron chi connectivity index (χ4n) is 4.01. The van der Waals surface area contributed by atoms with Crippen LogP contribution in [0.2, 0.25) is 0 Å². The van der Waals surface area contributed by atoms with Crippen LogP contribution >= 0.6 is 0 Å². The Morgan fingerprint density at radius 2 is 1.68 bits per heavy atom. The highest BCUT2D eigenvalue weighted by Crippen LogP contribution is 2.32. The van der Waals surface area contributed by atoms with Crippen molar-refractivity contribution in [3.8, 4) is 17.2 Å². The molecule has 8 heteroatoms. The first-order chi connectivity index (χ1) is 16.4. The molecule has 0 aliphatic rings. The number of hydrogen-bond donors (Lipinski definition) is 1. The molecule has 4 rings (SSSR count). The van der Waals surface area contributed by atoms with Gasteiger partial charge in [0.1, 0.15) is 41.8 Å². The van der Waals surface area contributed by atoms with Crippen molar-refractivity contribution in [3.05, 3.63) is 47.8 Å². The Labute approximate surface area is 199 Å². The van der Waals surface area contributed by atoms with E-state index >= 15 is 0 Å². The first-order valence-corrected chi connectivity index (χ1v) is 11.4. The van der Waals surface area contributed by atoms with Crippen LogP contribution in [-0.2, 0) is 24.5 Å². The number of anilines is 1. The number of aromatic nitrogens is 3. The van der Waals surface area contributed by atoms with Gasteiger partial charge in [0.25, 0.3) is 0 Å². The third-order valence-corrected chi connectivity index (χ3v) is 5.55. The zero-order chi connectivity index (χ0) is 24.2. The maximum atomic E-state index is 6.35. The molecule has 0 fully saturated rings. The molecule has 2 aromatic carbocycles. The molecular formula is C26H32N4O4. The fraction of sp³-hybridized carbons (Fsp3) is 0.385. The van der Waals surface area contributed by atoms with Crippen molar-refractivity contribution in [2.75, 3.05) is 26.6 Å². The van der Waals surface area contributed by atoms with Crippen molar-refractivity contribution in [2.24, 2.45) is 5.92 Å². The first kappa shape index (κ1) is 23.6. The highest BCUT2D eigenvalue weighted by molar-refractivity contribution is 6.06. The summed E-state index contributed by atoms with van der Waals surface area (Å²) in [6.07, 6.45) is 0. The summed E-state index contributed by atoms with van der Waals surface area (Å²) in [7, 11) is 3.26. The maximum absolute atomic E-state index is 6.35. The van der Waals surface area contributed by atoms with Gasteiger partial charge in [-0.3, -0.25) is 0 Å². The van der Waals surface area contributed by atoms with Crippen LogP contribution in [0.1, 0.15) is 32.2 Å². The lowest BCUT2D eigenvalue weighted by Gasteiger charge is -2.14. The summed E-state index contributed by atoms with van der Waals surface area (Å²) < 4.78 is 24.6. The number of pyridine rings is 1. The van der Waals surface area contributed by atoms with Gasteiger partial charge >= 0.3 is 0 Å². The van der Waals surface area contributed by atoms with Gasteiger partial charge in [0, 0.05) is 30.7 Å². The van der Waals surface area contributed by atoms with Gasteiger partial charge in [-0.25, -0.2) is 9.97 Å². The van der Waals surface area contributed by atoms with Gasteiger partial charge in [-0.1, -0.05) is 13.8 Å². The smallest absolute Gasteiger partial charge is 0.152 e. The van der Waals surface area contributed by atoms with E-state index in [4.69, 9.17) is 29.7 Å². The zero-order valence-electron chi connectivity index (χ0n) is 20.4. The van der Waals surface area contributed by atoms with Gasteiger partial charge in [0.2, 0.25) is 0 Å². The molecule has 2 N–H and O–H groups in total. The maximum Gasteiger partial charge on any atom is 0.152 e. The molecule has 2 aromatic heterocycles. The van der Waals surface area contributed by atoms with Crippen molar-refractivity contribution in [1.29, 1.82) is 0 Å². The molecule has 8 nitrogen and oxygen atoms in total. The van der Waals surface area contributed by atoms with E-state index in [1.54, 1.807) is 14.2 Å². The highest BCUT2D eigenvalue weighted by atomic mass is 16.5. The second kappa shape index (κ2) is 10.2. The highest BCUT2D eigenvalue weighted by Gasteiger charge is 2.18. The summed E-state index contributed by atoms with van der Waals surface area (Å²) in [4.78, 5) is 9.41. The summed E-state index contributed by atoms with van der Waals surface area (Å²) in [6, 6.07) is 11.6. The average Bonchev–Trinajstić information content (AvgIpc) is 3.19. The molecular weight excluding hydrogens is 432 g/mol. The Morgan fingerprint density at radius 1 is 0.941 bits per heavy atom. The van der Waals surface area contributed by atoms with E-state index in [0.29, 0.717) is 42.8 Å². The van der Waals surface area contributed by atoms with E-state index in [9.17, 15) is 0 Å². The predicted octanol–water partition coefficient (Wildman–Crippen LogP) is 4.96. The summed E-state index contributed by atoms with van der Waals surface area (Å²) in [5.74, 6) is 3.83. The van der Waals surface area contributed by atoms with E-state index in [2.05, 4.69) is 23.4 Å². The van der Waals surface area contributed by atoms with Crippen LogP contribution in [-0.4, -0.2) is 35.4 Å². The van der Waals surface area contributed by atoms with E-state index in [1.807, 2.05) is 43.3 Å². The van der Waals surface area contributed by atoms with Crippen molar-refractivity contribution < 1.29 is 18.9 Å². The van der Waals surface area contributed by atoms with E-state index in [0.717, 1.165) is 45.9 Å². The predicted molar refractivity (Wildman–Crippen MR) is 133 cm³/mol. The minimum Gasteiger partial charge on any atom is -0.497 e. The van der Waals surface area contributed by atoms with Crippen LogP contribution in [0.5, 0.6) is 17.2 Å². The number of nitrogens with zero attached hydrogens (tertiary/aromatic N) is 3. The molecule has 0 saturated heterocycles. The second-order valence-corrected chi connectivity index (χ2v) is 8.55. The number of rotatable bonds is 10. The number of hydrogen-bond acceptors (Lipinski definition) is 7. The van der Waals surface area contributed by atoms with Gasteiger partial charge in [0.15, 0.2) is 5.82 Å². The number of methoxy groups -OCH3 is 2. The molecule has 4 aromatic rings. The monoisotopic (exact) mass is 464 g/mol. The van der Waals surface area contributed by atoms with Gasteiger partial charge in [0.05, 0.1) is 25.3 Å². The molecule has 0 atom stereocenters. The molecule has 0 aliphatic carbocycles. The summed E-state index contributed by atoms with van der Waals surface area (Å²) in [6.45, 7) is 8.58. The molecule has 0 aliphatic heterocycles. The molecule has 0 radical (unpaired) electrons. The largest absolute Gasteiger partial charge is 0.497 e. The molecule has 34 heavy (non-hydrogen) atoms. The Hall–Kier alpha value is -3.52. The number of nitrogen functional groups attached to an aromatic ring is 1.